The average Bonchev–Trinajstić information content (AvgIpc) is 2.95. The van der Waals surface area contributed by atoms with E-state index in [1.54, 1.807) is 0 Å². The van der Waals surface area contributed by atoms with Crippen LogP contribution in [0, 0.1) is 0 Å². The molecule has 1 N–H and O–H groups in total. The lowest BCUT2D eigenvalue weighted by atomic mass is 10.2. The van der Waals surface area contributed by atoms with Gasteiger partial charge >= 0.3 is 18.3 Å². The van der Waals surface area contributed by atoms with Crippen molar-refractivity contribution in [2.45, 2.75) is 12.3 Å². The zero-order valence-electron chi connectivity index (χ0n) is 10.8. The van der Waals surface area contributed by atoms with Gasteiger partial charge in [-0.05, 0) is 24.3 Å². The molecule has 1 heterocycles. The van der Waals surface area contributed by atoms with E-state index in [9.17, 15) is 22.4 Å². The third-order valence-corrected chi connectivity index (χ3v) is 3.47. The molecule has 0 saturated carbocycles. The highest BCUT2D eigenvalue weighted by molar-refractivity contribution is 7.13. The van der Waals surface area contributed by atoms with Crippen molar-refractivity contribution >= 4 is 17.3 Å². The molecule has 0 spiro atoms. The van der Waals surface area contributed by atoms with Crippen LogP contribution in [0.2, 0.25) is 0 Å². The van der Waals surface area contributed by atoms with Crippen LogP contribution in [0.25, 0.3) is 10.6 Å². The minimum Gasteiger partial charge on any atom is -0.487 e. The summed E-state index contributed by atoms with van der Waals surface area (Å²) >= 11 is 1.11. The number of aromatic nitrogens is 1. The van der Waals surface area contributed by atoms with Crippen molar-refractivity contribution < 1.29 is 32.2 Å². The molecule has 0 unspecified atom stereocenters. The third-order valence-electron chi connectivity index (χ3n) is 2.58. The van der Waals surface area contributed by atoms with E-state index in [1.165, 1.54) is 29.6 Å². The van der Waals surface area contributed by atoms with Crippen molar-refractivity contribution in [2.24, 2.45) is 0 Å². The highest BCUT2D eigenvalue weighted by atomic mass is 32.1. The first-order chi connectivity index (χ1) is 10.3. The second-order valence-electron chi connectivity index (χ2n) is 4.22. The van der Waals surface area contributed by atoms with Gasteiger partial charge in [0.2, 0.25) is 0 Å². The summed E-state index contributed by atoms with van der Waals surface area (Å²) in [6.07, 6.45) is -3.79. The maximum absolute atomic E-state index is 12.7. The largest absolute Gasteiger partial charge is 0.487 e. The topological polar surface area (TPSA) is 59.4 Å². The average molecular weight is 335 g/mol. The van der Waals surface area contributed by atoms with Crippen LogP contribution in [0.15, 0.2) is 29.6 Å². The van der Waals surface area contributed by atoms with E-state index in [2.05, 4.69) is 9.72 Å². The van der Waals surface area contributed by atoms with Crippen molar-refractivity contribution in [3.8, 4) is 16.3 Å². The number of aromatic carboxylic acids is 1. The van der Waals surface area contributed by atoms with Gasteiger partial charge in [-0.1, -0.05) is 0 Å². The van der Waals surface area contributed by atoms with Crippen LogP contribution in [-0.2, 0) is 0 Å². The van der Waals surface area contributed by atoms with Crippen molar-refractivity contribution in [1.82, 2.24) is 4.98 Å². The Hall–Kier alpha value is -2.16. The first kappa shape index (κ1) is 16.2. The van der Waals surface area contributed by atoms with Crippen LogP contribution in [0.5, 0.6) is 5.75 Å². The lowest BCUT2D eigenvalue weighted by molar-refractivity contribution is -0.148. The Kier molecular flexibility index (Phi) is 4.65. The predicted molar refractivity (Wildman–Crippen MR) is 71.0 cm³/mol. The van der Waals surface area contributed by atoms with Crippen LogP contribution < -0.4 is 4.74 Å². The number of ether oxygens (including phenoxy) is 1. The first-order valence-electron chi connectivity index (χ1n) is 5.87. The Labute approximate surface area is 126 Å². The maximum Gasteiger partial charge on any atom is 0.355 e. The van der Waals surface area contributed by atoms with E-state index >= 15 is 0 Å². The highest BCUT2D eigenvalue weighted by Crippen LogP contribution is 2.27. The molecule has 0 saturated heterocycles. The van der Waals surface area contributed by atoms with Crippen molar-refractivity contribution in [1.29, 1.82) is 0 Å². The van der Waals surface area contributed by atoms with Crippen LogP contribution in [0.4, 0.5) is 17.6 Å². The molecule has 0 aliphatic carbocycles. The van der Waals surface area contributed by atoms with E-state index < -0.39 is 24.9 Å². The molecule has 2 rings (SSSR count). The monoisotopic (exact) mass is 335 g/mol. The molecule has 9 heteroatoms. The Balaban J connectivity index is 2.05. The quantitative estimate of drug-likeness (QED) is 0.816. The fourth-order valence-electron chi connectivity index (χ4n) is 1.44. The molecular formula is C13H9F4NO3S. The van der Waals surface area contributed by atoms with E-state index in [-0.39, 0.29) is 11.4 Å². The van der Waals surface area contributed by atoms with Gasteiger partial charge in [0.1, 0.15) is 10.8 Å². The smallest absolute Gasteiger partial charge is 0.355 e. The molecule has 2 aromatic rings. The number of hydrogen-bond acceptors (Lipinski definition) is 4. The SMILES string of the molecule is O=C(O)c1csc(-c2ccc(OCC(F)(F)C(F)F)cc2)n1. The fraction of sp³-hybridized carbons (Fsp3) is 0.231. The Morgan fingerprint density at radius 3 is 2.45 bits per heavy atom. The first-order valence-corrected chi connectivity index (χ1v) is 6.75. The normalized spacial score (nSPS) is 11.7. The number of carboxylic acid groups (broad SMARTS) is 1. The van der Waals surface area contributed by atoms with Gasteiger partial charge in [0.05, 0.1) is 0 Å². The summed E-state index contributed by atoms with van der Waals surface area (Å²) in [5.41, 5.74) is 0.461. The summed E-state index contributed by atoms with van der Waals surface area (Å²) in [4.78, 5) is 14.6. The standard InChI is InChI=1S/C13H9F4NO3S/c14-12(15)13(16,17)6-21-8-3-1-7(2-4-8)10-18-9(5-22-10)11(19)20/h1-5,12H,6H2,(H,19,20). The number of alkyl halides is 4. The molecule has 0 amide bonds. The minimum absolute atomic E-state index is 0.000843. The van der Waals surface area contributed by atoms with Gasteiger partial charge in [0.25, 0.3) is 0 Å². The molecule has 0 aliphatic heterocycles. The number of hydrogen-bond donors (Lipinski definition) is 1. The molecule has 0 bridgehead atoms. The third kappa shape index (κ3) is 3.73. The number of benzene rings is 1. The number of carboxylic acids is 1. The molecular weight excluding hydrogens is 326 g/mol. The lowest BCUT2D eigenvalue weighted by Gasteiger charge is -2.15. The Bertz CT molecular complexity index is 658. The zero-order chi connectivity index (χ0) is 16.3. The molecule has 22 heavy (non-hydrogen) atoms. The van der Waals surface area contributed by atoms with Crippen LogP contribution in [-0.4, -0.2) is 35.0 Å². The minimum atomic E-state index is -4.22. The van der Waals surface area contributed by atoms with Gasteiger partial charge in [-0.3, -0.25) is 0 Å². The Morgan fingerprint density at radius 2 is 1.95 bits per heavy atom. The summed E-state index contributed by atoms with van der Waals surface area (Å²) in [5, 5.41) is 10.6. The lowest BCUT2D eigenvalue weighted by Crippen LogP contribution is -2.33. The van der Waals surface area contributed by atoms with Crippen molar-refractivity contribution in [3.05, 3.63) is 35.3 Å². The summed E-state index contributed by atoms with van der Waals surface area (Å²) < 4.78 is 54.0. The van der Waals surface area contributed by atoms with Gasteiger partial charge in [0.15, 0.2) is 12.3 Å². The van der Waals surface area contributed by atoms with E-state index in [0.717, 1.165) is 11.3 Å². The maximum atomic E-state index is 12.7. The molecule has 1 aromatic carbocycles. The summed E-state index contributed by atoms with van der Waals surface area (Å²) in [6, 6.07) is 5.58. The Morgan fingerprint density at radius 1 is 1.32 bits per heavy atom. The van der Waals surface area contributed by atoms with Crippen LogP contribution >= 0.6 is 11.3 Å². The molecule has 0 fully saturated rings. The molecule has 0 radical (unpaired) electrons. The fourth-order valence-corrected chi connectivity index (χ4v) is 2.24. The van der Waals surface area contributed by atoms with Gasteiger partial charge in [-0.25, -0.2) is 18.6 Å². The summed E-state index contributed by atoms with van der Waals surface area (Å²) in [6.45, 7) is -1.43. The van der Waals surface area contributed by atoms with Gasteiger partial charge in [0, 0.05) is 10.9 Å². The number of nitrogens with zero attached hydrogens (tertiary/aromatic N) is 1. The predicted octanol–water partition coefficient (Wildman–Crippen LogP) is 3.79. The molecule has 118 valence electrons. The van der Waals surface area contributed by atoms with E-state index in [0.29, 0.717) is 10.6 Å². The van der Waals surface area contributed by atoms with Crippen LogP contribution in [0.1, 0.15) is 10.5 Å². The van der Waals surface area contributed by atoms with Gasteiger partial charge in [-0.2, -0.15) is 8.78 Å². The number of halogens is 4. The number of carbonyl (C=O) groups is 1. The molecule has 0 aliphatic rings. The van der Waals surface area contributed by atoms with Crippen LogP contribution in [0.3, 0.4) is 0 Å². The molecule has 4 nitrogen and oxygen atoms in total. The second-order valence-corrected chi connectivity index (χ2v) is 5.08. The van der Waals surface area contributed by atoms with Gasteiger partial charge < -0.3 is 9.84 Å². The summed E-state index contributed by atoms with van der Waals surface area (Å²) in [5.74, 6) is -5.37. The second kappa shape index (κ2) is 6.30. The zero-order valence-corrected chi connectivity index (χ0v) is 11.6. The number of rotatable bonds is 6. The summed E-state index contributed by atoms with van der Waals surface area (Å²) in [7, 11) is 0. The van der Waals surface area contributed by atoms with Gasteiger partial charge in [-0.15, -0.1) is 11.3 Å². The van der Waals surface area contributed by atoms with E-state index in [4.69, 9.17) is 5.11 Å². The van der Waals surface area contributed by atoms with Crippen molar-refractivity contribution in [3.63, 3.8) is 0 Å². The van der Waals surface area contributed by atoms with Crippen molar-refractivity contribution in [2.75, 3.05) is 6.61 Å². The highest BCUT2D eigenvalue weighted by Gasteiger charge is 2.41. The molecule has 0 atom stereocenters. The molecule has 1 aromatic heterocycles. The number of thiazole rings is 1. The van der Waals surface area contributed by atoms with E-state index in [1.807, 2.05) is 0 Å².